The van der Waals surface area contributed by atoms with E-state index in [9.17, 15) is 9.59 Å². The summed E-state index contributed by atoms with van der Waals surface area (Å²) in [5, 5.41) is 8.89. The Morgan fingerprint density at radius 3 is 2.31 bits per heavy atom. The van der Waals surface area contributed by atoms with Gasteiger partial charge in [0, 0.05) is 12.0 Å². The van der Waals surface area contributed by atoms with Crippen molar-refractivity contribution in [3.63, 3.8) is 0 Å². The van der Waals surface area contributed by atoms with Gasteiger partial charge in [0.1, 0.15) is 0 Å². The molecule has 0 spiro atoms. The van der Waals surface area contributed by atoms with Gasteiger partial charge in [-0.1, -0.05) is 31.5 Å². The van der Waals surface area contributed by atoms with E-state index in [1.165, 1.54) is 6.07 Å². The minimum atomic E-state index is -1.05. The molecule has 0 saturated heterocycles. The molecule has 0 heterocycles. The number of carboxylic acids is 1. The summed E-state index contributed by atoms with van der Waals surface area (Å²) in [5.74, 6) is -1.13. The van der Waals surface area contributed by atoms with Crippen molar-refractivity contribution in [1.29, 1.82) is 0 Å². The number of carbonyl (C=O) groups excluding carboxylic acids is 1. The van der Waals surface area contributed by atoms with E-state index in [0.29, 0.717) is 12.0 Å². The Balaban J connectivity index is 0. The van der Waals surface area contributed by atoms with Crippen LogP contribution in [0.15, 0.2) is 24.3 Å². The predicted molar refractivity (Wildman–Crippen MR) is 58.4 cm³/mol. The van der Waals surface area contributed by atoms with Gasteiger partial charge in [-0.2, -0.15) is 0 Å². The number of rotatable bonds is 5. The number of hydrogen-bond acceptors (Lipinski definition) is 2. The minimum Gasteiger partial charge on any atom is -1.00 e. The molecule has 0 unspecified atom stereocenters. The third-order valence-electron chi connectivity index (χ3n) is 2.22. The van der Waals surface area contributed by atoms with Crippen LogP contribution in [-0.4, -0.2) is 16.9 Å². The Morgan fingerprint density at radius 2 is 1.81 bits per heavy atom. The largest absolute Gasteiger partial charge is 1.00 e. The smallest absolute Gasteiger partial charge is 1.00 e. The fraction of sp³-hybridized carbons (Fsp3) is 0.333. The molecule has 0 aromatic heterocycles. The summed E-state index contributed by atoms with van der Waals surface area (Å²) in [5.41, 5.74) is 0.414. The second-order valence-corrected chi connectivity index (χ2v) is 3.38. The zero-order chi connectivity index (χ0) is 11.3. The van der Waals surface area contributed by atoms with E-state index < -0.39 is 5.97 Å². The molecule has 0 saturated carbocycles. The summed E-state index contributed by atoms with van der Waals surface area (Å²) in [6.07, 6.45) is 2.15. The Kier molecular flexibility index (Phi) is 6.79. The third kappa shape index (κ3) is 3.84. The van der Waals surface area contributed by atoms with Crippen molar-refractivity contribution >= 4 is 11.8 Å². The van der Waals surface area contributed by atoms with Gasteiger partial charge in [0.2, 0.25) is 0 Å². The first kappa shape index (κ1) is 15.0. The average Bonchev–Trinajstić information content (AvgIpc) is 2.25. The second kappa shape index (κ2) is 7.27. The van der Waals surface area contributed by atoms with Crippen LogP contribution in [0.1, 0.15) is 48.3 Å². The molecule has 0 atom stereocenters. The van der Waals surface area contributed by atoms with Crippen LogP contribution >= 0.6 is 0 Å². The number of ketones is 1. The van der Waals surface area contributed by atoms with E-state index in [-0.39, 0.29) is 31.6 Å². The summed E-state index contributed by atoms with van der Waals surface area (Å²) in [7, 11) is 0. The van der Waals surface area contributed by atoms with Crippen molar-refractivity contribution < 1.29 is 35.0 Å². The van der Waals surface area contributed by atoms with Gasteiger partial charge >= 0.3 is 24.8 Å². The minimum absolute atomic E-state index is 0. The summed E-state index contributed by atoms with van der Waals surface area (Å²) >= 11 is 0. The van der Waals surface area contributed by atoms with Crippen molar-refractivity contribution in [3.05, 3.63) is 35.4 Å². The number of carboxylic acid groups (broad SMARTS) is 1. The number of carbonyl (C=O) groups is 2. The molecule has 0 aliphatic carbocycles. The molecular weight excluding hydrogens is 199 g/mol. The van der Waals surface area contributed by atoms with Crippen LogP contribution in [0.3, 0.4) is 0 Å². The third-order valence-corrected chi connectivity index (χ3v) is 2.22. The SMILES string of the molecule is CCCCC(=O)c1ccccc1C(=O)O.[H-].[Li+]. The van der Waals surface area contributed by atoms with Gasteiger partial charge in [0.15, 0.2) is 5.78 Å². The number of aromatic carboxylic acids is 1. The number of benzene rings is 1. The maximum absolute atomic E-state index is 11.7. The van der Waals surface area contributed by atoms with Crippen LogP contribution in [0.25, 0.3) is 0 Å². The Morgan fingerprint density at radius 1 is 1.25 bits per heavy atom. The molecule has 0 radical (unpaired) electrons. The molecule has 3 nitrogen and oxygen atoms in total. The summed E-state index contributed by atoms with van der Waals surface area (Å²) in [4.78, 5) is 22.5. The molecule has 16 heavy (non-hydrogen) atoms. The molecular formula is C12H15LiO3. The molecule has 0 fully saturated rings. The van der Waals surface area contributed by atoms with E-state index in [2.05, 4.69) is 0 Å². The standard InChI is InChI=1S/C12H14O3.Li.H/c1-2-3-8-11(13)9-6-4-5-7-10(9)12(14)15;;/h4-7H,2-3,8H2,1H3,(H,14,15);;/q;+1;-1. The van der Waals surface area contributed by atoms with Crippen molar-refractivity contribution in [2.75, 3.05) is 0 Å². The van der Waals surface area contributed by atoms with Gasteiger partial charge in [0.05, 0.1) is 5.56 Å². The van der Waals surface area contributed by atoms with Crippen molar-refractivity contribution in [1.82, 2.24) is 0 Å². The second-order valence-electron chi connectivity index (χ2n) is 3.38. The summed E-state index contributed by atoms with van der Waals surface area (Å²) in [6, 6.07) is 6.34. The van der Waals surface area contributed by atoms with Crippen LogP contribution in [0.4, 0.5) is 0 Å². The molecule has 1 aromatic rings. The van der Waals surface area contributed by atoms with Gasteiger partial charge in [-0.25, -0.2) is 4.79 Å². The summed E-state index contributed by atoms with van der Waals surface area (Å²) < 4.78 is 0. The normalized spacial score (nSPS) is 9.31. The number of hydrogen-bond donors (Lipinski definition) is 1. The van der Waals surface area contributed by atoms with Gasteiger partial charge in [-0.15, -0.1) is 0 Å². The van der Waals surface area contributed by atoms with Gasteiger partial charge in [-0.3, -0.25) is 4.79 Å². The van der Waals surface area contributed by atoms with Crippen LogP contribution in [0.2, 0.25) is 0 Å². The Labute approximate surface area is 109 Å². The van der Waals surface area contributed by atoms with Gasteiger partial charge in [-0.05, 0) is 12.5 Å². The fourth-order valence-electron chi connectivity index (χ4n) is 1.38. The van der Waals surface area contributed by atoms with Gasteiger partial charge in [0.25, 0.3) is 0 Å². The quantitative estimate of drug-likeness (QED) is 0.549. The van der Waals surface area contributed by atoms with Crippen LogP contribution in [-0.2, 0) is 0 Å². The molecule has 1 rings (SSSR count). The molecule has 0 aliphatic rings. The fourth-order valence-corrected chi connectivity index (χ4v) is 1.38. The number of unbranched alkanes of at least 4 members (excludes halogenated alkanes) is 1. The van der Waals surface area contributed by atoms with E-state index in [1.54, 1.807) is 18.2 Å². The molecule has 1 N–H and O–H groups in total. The zero-order valence-electron chi connectivity index (χ0n) is 10.7. The maximum atomic E-state index is 11.7. The first-order valence-electron chi connectivity index (χ1n) is 5.02. The molecule has 0 amide bonds. The van der Waals surface area contributed by atoms with E-state index in [4.69, 9.17) is 5.11 Å². The van der Waals surface area contributed by atoms with Crippen molar-refractivity contribution in [2.24, 2.45) is 0 Å². The van der Waals surface area contributed by atoms with E-state index >= 15 is 0 Å². The topological polar surface area (TPSA) is 54.4 Å². The van der Waals surface area contributed by atoms with E-state index in [1.807, 2.05) is 6.92 Å². The Bertz CT molecular complexity index is 380. The zero-order valence-corrected chi connectivity index (χ0v) is 9.69. The van der Waals surface area contributed by atoms with Crippen molar-refractivity contribution in [2.45, 2.75) is 26.2 Å². The molecule has 1 aromatic carbocycles. The first-order valence-corrected chi connectivity index (χ1v) is 5.02. The molecule has 0 aliphatic heterocycles. The number of Topliss-reactive ketones (excluding diaryl/α,β-unsaturated/α-hetero) is 1. The van der Waals surface area contributed by atoms with Crippen LogP contribution in [0, 0.1) is 0 Å². The monoisotopic (exact) mass is 214 g/mol. The summed E-state index contributed by atoms with van der Waals surface area (Å²) in [6.45, 7) is 2.00. The van der Waals surface area contributed by atoms with Gasteiger partial charge < -0.3 is 6.53 Å². The molecule has 4 heteroatoms. The first-order chi connectivity index (χ1) is 7.16. The average molecular weight is 214 g/mol. The van der Waals surface area contributed by atoms with Crippen LogP contribution < -0.4 is 18.9 Å². The molecule has 0 bridgehead atoms. The van der Waals surface area contributed by atoms with Crippen LogP contribution in [0.5, 0.6) is 0 Å². The predicted octanol–water partition coefficient (Wildman–Crippen LogP) is -0.126. The van der Waals surface area contributed by atoms with E-state index in [0.717, 1.165) is 12.8 Å². The van der Waals surface area contributed by atoms with Crippen molar-refractivity contribution in [3.8, 4) is 0 Å². The molecule has 82 valence electrons. The Hall–Kier alpha value is -1.04. The maximum Gasteiger partial charge on any atom is 1.00 e.